The van der Waals surface area contributed by atoms with Crippen LogP contribution in [0.3, 0.4) is 0 Å². The summed E-state index contributed by atoms with van der Waals surface area (Å²) < 4.78 is 0. The van der Waals surface area contributed by atoms with Gasteiger partial charge in [0.15, 0.2) is 0 Å². The molecule has 1 saturated carbocycles. The molecule has 3 rings (SSSR count). The lowest BCUT2D eigenvalue weighted by molar-refractivity contribution is 0.726. The Kier molecular flexibility index (Phi) is 3.17. The molecule has 18 heavy (non-hydrogen) atoms. The Bertz CT molecular complexity index is 474. The highest BCUT2D eigenvalue weighted by Crippen LogP contribution is 2.52. The first kappa shape index (κ1) is 11.9. The van der Waals surface area contributed by atoms with Crippen molar-refractivity contribution < 1.29 is 0 Å². The minimum Gasteiger partial charge on any atom is -0.397 e. The van der Waals surface area contributed by atoms with Gasteiger partial charge in [-0.1, -0.05) is 12.8 Å². The largest absolute Gasteiger partial charge is 0.397 e. The Labute approximate surface area is 112 Å². The van der Waals surface area contributed by atoms with Crippen LogP contribution in [0.15, 0.2) is 0 Å². The summed E-state index contributed by atoms with van der Waals surface area (Å²) in [7, 11) is 0. The minimum atomic E-state index is 0.626. The fourth-order valence-electron chi connectivity index (χ4n) is 2.80. The van der Waals surface area contributed by atoms with Crippen molar-refractivity contribution in [3.63, 3.8) is 0 Å². The normalized spacial score (nSPS) is 20.5. The molecule has 2 fully saturated rings. The van der Waals surface area contributed by atoms with Crippen molar-refractivity contribution in [2.45, 2.75) is 44.4 Å². The molecule has 2 heterocycles. The quantitative estimate of drug-likeness (QED) is 0.887. The topological polar surface area (TPSA) is 53.0 Å². The van der Waals surface area contributed by atoms with Gasteiger partial charge in [0.2, 0.25) is 0 Å². The number of nitriles is 1. The van der Waals surface area contributed by atoms with Crippen LogP contribution in [-0.2, 0) is 0 Å². The molecule has 4 heteroatoms. The number of rotatable bonds is 2. The Morgan fingerprint density at radius 3 is 2.39 bits per heavy atom. The zero-order valence-electron chi connectivity index (χ0n) is 10.6. The van der Waals surface area contributed by atoms with Gasteiger partial charge in [-0.25, -0.2) is 0 Å². The van der Waals surface area contributed by atoms with E-state index in [0.717, 1.165) is 23.7 Å². The van der Waals surface area contributed by atoms with Crippen LogP contribution >= 0.6 is 11.3 Å². The molecule has 0 amide bonds. The molecule has 1 aliphatic heterocycles. The first-order valence-corrected chi connectivity index (χ1v) is 7.70. The lowest BCUT2D eigenvalue weighted by atomic mass is 10.1. The molecular formula is C14H19N3S. The van der Waals surface area contributed by atoms with Gasteiger partial charge in [-0.15, -0.1) is 11.3 Å². The second kappa shape index (κ2) is 4.81. The number of hydrogen-bond acceptors (Lipinski definition) is 4. The van der Waals surface area contributed by atoms with Crippen LogP contribution < -0.4 is 10.6 Å². The second-order valence-electron chi connectivity index (χ2n) is 5.35. The van der Waals surface area contributed by atoms with Gasteiger partial charge in [0.25, 0.3) is 0 Å². The summed E-state index contributed by atoms with van der Waals surface area (Å²) >= 11 is 1.61. The van der Waals surface area contributed by atoms with Crippen LogP contribution in [0.4, 0.5) is 10.7 Å². The fourth-order valence-corrected chi connectivity index (χ4v) is 3.96. The number of nitrogen functional groups attached to an aromatic ring is 1. The van der Waals surface area contributed by atoms with Crippen molar-refractivity contribution in [2.75, 3.05) is 23.7 Å². The smallest absolute Gasteiger partial charge is 0.130 e. The summed E-state index contributed by atoms with van der Waals surface area (Å²) in [5.74, 6) is 0.626. The van der Waals surface area contributed by atoms with E-state index in [1.54, 1.807) is 11.3 Å². The van der Waals surface area contributed by atoms with Gasteiger partial charge in [0, 0.05) is 18.7 Å². The van der Waals surface area contributed by atoms with Crippen molar-refractivity contribution in [1.82, 2.24) is 0 Å². The van der Waals surface area contributed by atoms with Gasteiger partial charge in [0.1, 0.15) is 10.9 Å². The molecule has 1 aromatic rings. The summed E-state index contributed by atoms with van der Waals surface area (Å²) in [6.07, 6.45) is 7.69. The first-order chi connectivity index (χ1) is 8.81. The van der Waals surface area contributed by atoms with Crippen LogP contribution in [-0.4, -0.2) is 13.1 Å². The second-order valence-corrected chi connectivity index (χ2v) is 6.35. The van der Waals surface area contributed by atoms with E-state index >= 15 is 0 Å². The molecule has 0 atom stereocenters. The van der Waals surface area contributed by atoms with Gasteiger partial charge in [-0.2, -0.15) is 5.26 Å². The number of hydrogen-bond donors (Lipinski definition) is 1. The zero-order valence-corrected chi connectivity index (χ0v) is 11.4. The summed E-state index contributed by atoms with van der Waals surface area (Å²) in [6, 6.07) is 2.26. The average molecular weight is 261 g/mol. The Balaban J connectivity index is 1.96. The molecule has 3 nitrogen and oxygen atoms in total. The molecule has 96 valence electrons. The molecule has 0 unspecified atom stereocenters. The van der Waals surface area contributed by atoms with Crippen LogP contribution in [0.5, 0.6) is 0 Å². The first-order valence-electron chi connectivity index (χ1n) is 6.88. The van der Waals surface area contributed by atoms with Crippen LogP contribution in [0, 0.1) is 11.3 Å². The lowest BCUT2D eigenvalue weighted by Gasteiger charge is -2.22. The molecule has 0 bridgehead atoms. The summed E-state index contributed by atoms with van der Waals surface area (Å²) in [4.78, 5) is 3.19. The van der Waals surface area contributed by atoms with Crippen molar-refractivity contribution in [2.24, 2.45) is 0 Å². The maximum Gasteiger partial charge on any atom is 0.130 e. The Hall–Kier alpha value is -1.21. The molecule has 1 aromatic heterocycles. The highest BCUT2D eigenvalue weighted by Gasteiger charge is 2.33. The van der Waals surface area contributed by atoms with E-state index in [0.29, 0.717) is 5.92 Å². The molecule has 1 aliphatic carbocycles. The summed E-state index contributed by atoms with van der Waals surface area (Å²) in [5, 5.41) is 10.5. The molecule has 2 N–H and O–H groups in total. The van der Waals surface area contributed by atoms with Crippen LogP contribution in [0.2, 0.25) is 0 Å². The van der Waals surface area contributed by atoms with Crippen molar-refractivity contribution in [3.05, 3.63) is 10.4 Å². The summed E-state index contributed by atoms with van der Waals surface area (Å²) in [5.41, 5.74) is 8.22. The predicted molar refractivity (Wildman–Crippen MR) is 76.1 cm³/mol. The molecule has 2 aliphatic rings. The van der Waals surface area contributed by atoms with Gasteiger partial charge in [0.05, 0.1) is 10.7 Å². The van der Waals surface area contributed by atoms with Gasteiger partial charge >= 0.3 is 0 Å². The Morgan fingerprint density at radius 2 is 1.83 bits per heavy atom. The number of anilines is 2. The van der Waals surface area contributed by atoms with E-state index in [2.05, 4.69) is 11.0 Å². The lowest BCUT2D eigenvalue weighted by Crippen LogP contribution is -2.23. The van der Waals surface area contributed by atoms with E-state index in [1.807, 2.05) is 0 Å². The highest BCUT2D eigenvalue weighted by molar-refractivity contribution is 7.17. The zero-order chi connectivity index (χ0) is 12.5. The number of thiophene rings is 1. The number of nitrogens with zero attached hydrogens (tertiary/aromatic N) is 2. The maximum atomic E-state index is 9.17. The van der Waals surface area contributed by atoms with Crippen molar-refractivity contribution in [1.29, 1.82) is 5.26 Å². The fraction of sp³-hybridized carbons (Fsp3) is 0.643. The summed E-state index contributed by atoms with van der Waals surface area (Å²) in [6.45, 7) is 2.26. The van der Waals surface area contributed by atoms with Crippen LogP contribution in [0.25, 0.3) is 0 Å². The van der Waals surface area contributed by atoms with E-state index in [4.69, 9.17) is 5.73 Å². The SMILES string of the molecule is N#Cc1sc(N2CCCCCC2)c(C2CC2)c1N. The highest BCUT2D eigenvalue weighted by atomic mass is 32.1. The molecular weight excluding hydrogens is 242 g/mol. The van der Waals surface area contributed by atoms with Gasteiger partial charge in [-0.3, -0.25) is 0 Å². The van der Waals surface area contributed by atoms with E-state index in [9.17, 15) is 5.26 Å². The molecule has 0 spiro atoms. The van der Waals surface area contributed by atoms with Gasteiger partial charge < -0.3 is 10.6 Å². The van der Waals surface area contributed by atoms with E-state index in [1.165, 1.54) is 49.1 Å². The maximum absolute atomic E-state index is 9.17. The average Bonchev–Trinajstić information content (AvgIpc) is 3.18. The number of nitrogens with two attached hydrogens (primary N) is 1. The molecule has 0 aromatic carbocycles. The standard InChI is InChI=1S/C14H19N3S/c15-9-11-13(16)12(10-5-6-10)14(18-11)17-7-3-1-2-4-8-17/h10H,1-8,16H2. The third kappa shape index (κ3) is 2.08. The Morgan fingerprint density at radius 1 is 1.17 bits per heavy atom. The third-order valence-electron chi connectivity index (χ3n) is 3.94. The van der Waals surface area contributed by atoms with Crippen molar-refractivity contribution >= 4 is 22.0 Å². The van der Waals surface area contributed by atoms with Crippen LogP contribution in [0.1, 0.15) is 54.9 Å². The monoisotopic (exact) mass is 261 g/mol. The molecule has 1 saturated heterocycles. The van der Waals surface area contributed by atoms with E-state index < -0.39 is 0 Å². The minimum absolute atomic E-state index is 0.626. The molecule has 0 radical (unpaired) electrons. The predicted octanol–water partition coefficient (Wildman–Crippen LogP) is 3.46. The van der Waals surface area contributed by atoms with Gasteiger partial charge in [-0.05, 0) is 31.6 Å². The van der Waals surface area contributed by atoms with Crippen molar-refractivity contribution in [3.8, 4) is 6.07 Å². The van der Waals surface area contributed by atoms with E-state index in [-0.39, 0.29) is 0 Å². The third-order valence-corrected chi connectivity index (χ3v) is 5.13.